The predicted molar refractivity (Wildman–Crippen MR) is 98.0 cm³/mol. The highest BCUT2D eigenvalue weighted by Gasteiger charge is 2.16. The van der Waals surface area contributed by atoms with Crippen LogP contribution in [-0.4, -0.2) is 67.1 Å². The number of likely N-dealkylation sites (N-methyl/N-ethyl adjacent to an activating group) is 1. The van der Waals surface area contributed by atoms with Crippen molar-refractivity contribution in [1.29, 1.82) is 0 Å². The molecular formula is C17H27N5O3. The molecule has 1 aromatic carbocycles. The Morgan fingerprint density at radius 1 is 1.32 bits per heavy atom. The Kier molecular flexibility index (Phi) is 6.72. The first-order chi connectivity index (χ1) is 11.8. The van der Waals surface area contributed by atoms with Crippen LogP contribution in [0.1, 0.15) is 12.5 Å². The van der Waals surface area contributed by atoms with Gasteiger partial charge in [0.05, 0.1) is 4.92 Å². The third-order valence-corrected chi connectivity index (χ3v) is 4.43. The number of aryl methyl sites for hydroxylation is 1. The van der Waals surface area contributed by atoms with Crippen LogP contribution in [0.25, 0.3) is 0 Å². The smallest absolute Gasteiger partial charge is 0.319 e. The highest BCUT2D eigenvalue weighted by atomic mass is 16.6. The molecule has 0 saturated carbocycles. The second kappa shape index (κ2) is 8.77. The second-order valence-electron chi connectivity index (χ2n) is 6.80. The lowest BCUT2D eigenvalue weighted by Crippen LogP contribution is -2.47. The fourth-order valence-corrected chi connectivity index (χ4v) is 2.92. The minimum absolute atomic E-state index is 0.0479. The number of nitrogens with zero attached hydrogens (tertiary/aromatic N) is 3. The van der Waals surface area contributed by atoms with Crippen molar-refractivity contribution < 1.29 is 9.72 Å². The van der Waals surface area contributed by atoms with Crippen molar-refractivity contribution in [2.24, 2.45) is 5.92 Å². The lowest BCUT2D eigenvalue weighted by molar-refractivity contribution is -0.385. The van der Waals surface area contributed by atoms with Crippen LogP contribution in [0.5, 0.6) is 0 Å². The topological polar surface area (TPSA) is 90.8 Å². The van der Waals surface area contributed by atoms with Crippen LogP contribution in [-0.2, 0) is 0 Å². The van der Waals surface area contributed by atoms with Gasteiger partial charge in [-0.2, -0.15) is 0 Å². The first kappa shape index (κ1) is 19.1. The van der Waals surface area contributed by atoms with Gasteiger partial charge in [-0.25, -0.2) is 4.79 Å². The zero-order chi connectivity index (χ0) is 18.4. The molecule has 1 atom stereocenters. The van der Waals surface area contributed by atoms with Gasteiger partial charge in [0, 0.05) is 56.6 Å². The zero-order valence-corrected chi connectivity index (χ0v) is 15.1. The van der Waals surface area contributed by atoms with Gasteiger partial charge in [0.1, 0.15) is 0 Å². The van der Waals surface area contributed by atoms with Gasteiger partial charge in [-0.05, 0) is 32.0 Å². The van der Waals surface area contributed by atoms with E-state index in [1.54, 1.807) is 19.1 Å². The van der Waals surface area contributed by atoms with E-state index in [-0.39, 0.29) is 11.7 Å². The van der Waals surface area contributed by atoms with Crippen LogP contribution in [0.2, 0.25) is 0 Å². The maximum absolute atomic E-state index is 12.0. The number of anilines is 1. The summed E-state index contributed by atoms with van der Waals surface area (Å²) >= 11 is 0. The average molecular weight is 349 g/mol. The van der Waals surface area contributed by atoms with Crippen LogP contribution >= 0.6 is 0 Å². The summed E-state index contributed by atoms with van der Waals surface area (Å²) < 4.78 is 0. The molecule has 138 valence electrons. The number of amides is 2. The average Bonchev–Trinajstić information content (AvgIpc) is 2.55. The maximum atomic E-state index is 12.0. The van der Waals surface area contributed by atoms with E-state index < -0.39 is 4.92 Å². The number of carbonyl (C=O) groups is 1. The largest absolute Gasteiger partial charge is 0.338 e. The molecule has 1 aliphatic rings. The minimum atomic E-state index is -0.431. The van der Waals surface area contributed by atoms with Gasteiger partial charge in [0.25, 0.3) is 5.69 Å². The molecule has 1 aliphatic heterocycles. The van der Waals surface area contributed by atoms with Crippen LogP contribution < -0.4 is 10.6 Å². The van der Waals surface area contributed by atoms with Crippen LogP contribution in [0.3, 0.4) is 0 Å². The van der Waals surface area contributed by atoms with Gasteiger partial charge >= 0.3 is 6.03 Å². The molecule has 0 bridgehead atoms. The number of hydrogen-bond acceptors (Lipinski definition) is 5. The van der Waals surface area contributed by atoms with Crippen molar-refractivity contribution >= 4 is 17.4 Å². The first-order valence-electron chi connectivity index (χ1n) is 8.56. The molecule has 1 heterocycles. The summed E-state index contributed by atoms with van der Waals surface area (Å²) in [6, 6.07) is 4.25. The molecule has 0 radical (unpaired) electrons. The summed E-state index contributed by atoms with van der Waals surface area (Å²) in [5.74, 6) is 0.354. The highest BCUT2D eigenvalue weighted by Crippen LogP contribution is 2.21. The number of piperazine rings is 1. The molecule has 1 saturated heterocycles. The Morgan fingerprint density at radius 3 is 2.60 bits per heavy atom. The summed E-state index contributed by atoms with van der Waals surface area (Å²) in [6.45, 7) is 9.62. The van der Waals surface area contributed by atoms with E-state index in [4.69, 9.17) is 0 Å². The van der Waals surface area contributed by atoms with Gasteiger partial charge in [0.2, 0.25) is 0 Å². The van der Waals surface area contributed by atoms with Gasteiger partial charge in [-0.3, -0.25) is 10.1 Å². The molecule has 1 fully saturated rings. The highest BCUT2D eigenvalue weighted by molar-refractivity contribution is 5.89. The Balaban J connectivity index is 1.74. The molecule has 0 unspecified atom stereocenters. The molecule has 0 aromatic heterocycles. The summed E-state index contributed by atoms with van der Waals surface area (Å²) in [4.78, 5) is 27.1. The molecule has 2 N–H and O–H groups in total. The summed E-state index contributed by atoms with van der Waals surface area (Å²) in [7, 11) is 2.13. The Morgan fingerprint density at radius 2 is 2.00 bits per heavy atom. The number of benzene rings is 1. The van der Waals surface area contributed by atoms with E-state index in [9.17, 15) is 14.9 Å². The third-order valence-electron chi connectivity index (χ3n) is 4.43. The van der Waals surface area contributed by atoms with E-state index in [1.165, 1.54) is 6.07 Å². The molecule has 25 heavy (non-hydrogen) atoms. The number of hydrogen-bond donors (Lipinski definition) is 2. The number of carbonyl (C=O) groups excluding carboxylic acids is 1. The van der Waals surface area contributed by atoms with E-state index in [1.807, 2.05) is 0 Å². The summed E-state index contributed by atoms with van der Waals surface area (Å²) in [6.07, 6.45) is 0. The lowest BCUT2D eigenvalue weighted by Gasteiger charge is -2.33. The molecule has 0 aliphatic carbocycles. The standard InChI is InChI=1S/C17H27N5O3/c1-13(12-21-8-6-20(3)7-9-21)11-18-17(23)19-15-4-5-16(22(24)25)14(2)10-15/h4-5,10,13H,6-9,11-12H2,1-3H3,(H2,18,19,23)/t13-/m0/s1. The Bertz CT molecular complexity index is 614. The number of nitro benzene ring substituents is 1. The van der Waals surface area contributed by atoms with Crippen molar-refractivity contribution in [3.63, 3.8) is 0 Å². The number of nitro groups is 1. The van der Waals surface area contributed by atoms with Crippen LogP contribution in [0, 0.1) is 23.0 Å². The van der Waals surface area contributed by atoms with Gasteiger partial charge in [-0.1, -0.05) is 6.92 Å². The second-order valence-corrected chi connectivity index (χ2v) is 6.80. The first-order valence-corrected chi connectivity index (χ1v) is 8.56. The molecule has 2 rings (SSSR count). The number of urea groups is 1. The van der Waals surface area contributed by atoms with Crippen LogP contribution in [0.4, 0.5) is 16.2 Å². The fraction of sp³-hybridized carbons (Fsp3) is 0.588. The minimum Gasteiger partial charge on any atom is -0.338 e. The normalized spacial score (nSPS) is 17.1. The number of rotatable bonds is 6. The predicted octanol–water partition coefficient (Wildman–Crippen LogP) is 1.91. The Hall–Kier alpha value is -2.19. The molecule has 2 amide bonds. The summed E-state index contributed by atoms with van der Waals surface area (Å²) in [5.41, 5.74) is 1.12. The Labute approximate surface area is 148 Å². The van der Waals surface area contributed by atoms with E-state index in [0.717, 1.165) is 32.7 Å². The van der Waals surface area contributed by atoms with Crippen molar-refractivity contribution in [3.05, 3.63) is 33.9 Å². The molecule has 8 nitrogen and oxygen atoms in total. The fourth-order valence-electron chi connectivity index (χ4n) is 2.92. The number of nitrogens with one attached hydrogen (secondary N) is 2. The SMILES string of the molecule is Cc1cc(NC(=O)NC[C@H](C)CN2CCN(C)CC2)ccc1[N+](=O)[O-]. The molecule has 8 heteroatoms. The van der Waals surface area contributed by atoms with E-state index >= 15 is 0 Å². The lowest BCUT2D eigenvalue weighted by atomic mass is 10.1. The van der Waals surface area contributed by atoms with Gasteiger partial charge in [-0.15, -0.1) is 0 Å². The molecular weight excluding hydrogens is 322 g/mol. The van der Waals surface area contributed by atoms with Crippen molar-refractivity contribution in [1.82, 2.24) is 15.1 Å². The third kappa shape index (κ3) is 5.99. The zero-order valence-electron chi connectivity index (χ0n) is 15.1. The quantitative estimate of drug-likeness (QED) is 0.605. The monoisotopic (exact) mass is 349 g/mol. The summed E-state index contributed by atoms with van der Waals surface area (Å²) in [5, 5.41) is 16.4. The van der Waals surface area contributed by atoms with Crippen molar-refractivity contribution in [3.8, 4) is 0 Å². The van der Waals surface area contributed by atoms with Gasteiger partial charge < -0.3 is 20.4 Å². The van der Waals surface area contributed by atoms with Crippen molar-refractivity contribution in [2.45, 2.75) is 13.8 Å². The molecule has 1 aromatic rings. The molecule has 0 spiro atoms. The van der Waals surface area contributed by atoms with Crippen molar-refractivity contribution in [2.75, 3.05) is 51.6 Å². The van der Waals surface area contributed by atoms with E-state index in [0.29, 0.717) is 23.7 Å². The van der Waals surface area contributed by atoms with E-state index in [2.05, 4.69) is 34.4 Å². The van der Waals surface area contributed by atoms with Crippen LogP contribution in [0.15, 0.2) is 18.2 Å². The maximum Gasteiger partial charge on any atom is 0.319 e. The van der Waals surface area contributed by atoms with Gasteiger partial charge in [0.15, 0.2) is 0 Å².